The Bertz CT molecular complexity index is 1150. The van der Waals surface area contributed by atoms with E-state index >= 15 is 0 Å². The number of benzene rings is 2. The molecule has 7 heteroatoms. The highest BCUT2D eigenvalue weighted by molar-refractivity contribution is 5.99. The molecule has 0 atom stereocenters. The molecule has 0 unspecified atom stereocenters. The number of aromatic nitrogens is 2. The standard InChI is InChI=1S/C23H23N5O2/c1-4-21(29)25-17-6-5-7-18(13-17)28-14-20(22(26-28)27(2)3)15-8-9-19-16(12-15)10-11-24-23(19)30/h4-9,12-14H,1,10-11H2,2-3H3,(H,24,30)(H,25,29). The Morgan fingerprint density at radius 2 is 2.07 bits per heavy atom. The van der Waals surface area contributed by atoms with Crippen molar-refractivity contribution in [3.05, 3.63) is 72.4 Å². The van der Waals surface area contributed by atoms with Gasteiger partial charge in [0.1, 0.15) is 0 Å². The minimum Gasteiger partial charge on any atom is -0.361 e. The maximum Gasteiger partial charge on any atom is 0.251 e. The second kappa shape index (κ2) is 7.87. The van der Waals surface area contributed by atoms with E-state index in [4.69, 9.17) is 5.10 Å². The summed E-state index contributed by atoms with van der Waals surface area (Å²) in [6.45, 7) is 4.13. The lowest BCUT2D eigenvalue weighted by Gasteiger charge is -2.18. The predicted octanol–water partition coefficient (Wildman–Crippen LogP) is 3.02. The number of nitrogens with one attached hydrogen (secondary N) is 2. The molecule has 7 nitrogen and oxygen atoms in total. The van der Waals surface area contributed by atoms with Crippen molar-refractivity contribution in [1.82, 2.24) is 15.1 Å². The summed E-state index contributed by atoms with van der Waals surface area (Å²) in [5.41, 5.74) is 5.24. The van der Waals surface area contributed by atoms with Gasteiger partial charge in [0, 0.05) is 43.7 Å². The Kier molecular flexibility index (Phi) is 5.10. The lowest BCUT2D eigenvalue weighted by molar-refractivity contribution is -0.111. The van der Waals surface area contributed by atoms with Crippen molar-refractivity contribution in [2.75, 3.05) is 30.9 Å². The van der Waals surface area contributed by atoms with Crippen LogP contribution in [0.15, 0.2) is 61.3 Å². The highest BCUT2D eigenvalue weighted by Crippen LogP contribution is 2.32. The number of hydrogen-bond acceptors (Lipinski definition) is 4. The van der Waals surface area contributed by atoms with Crippen LogP contribution in [0.5, 0.6) is 0 Å². The molecule has 4 rings (SSSR count). The molecule has 0 bridgehead atoms. The predicted molar refractivity (Wildman–Crippen MR) is 118 cm³/mol. The lowest BCUT2D eigenvalue weighted by Crippen LogP contribution is -2.31. The number of carbonyl (C=O) groups excluding carboxylic acids is 2. The molecule has 0 saturated heterocycles. The Balaban J connectivity index is 1.75. The molecule has 0 fully saturated rings. The fourth-order valence-corrected chi connectivity index (χ4v) is 3.55. The van der Waals surface area contributed by atoms with Crippen LogP contribution < -0.4 is 15.5 Å². The Morgan fingerprint density at radius 3 is 2.83 bits per heavy atom. The number of carbonyl (C=O) groups is 2. The molecule has 1 aromatic heterocycles. The minimum atomic E-state index is -0.264. The summed E-state index contributed by atoms with van der Waals surface area (Å²) in [6, 6.07) is 13.4. The van der Waals surface area contributed by atoms with Gasteiger partial charge in [-0.15, -0.1) is 5.10 Å². The first-order chi connectivity index (χ1) is 14.5. The fraction of sp³-hybridized carbons (Fsp3) is 0.174. The summed E-state index contributed by atoms with van der Waals surface area (Å²) in [5, 5.41) is 10.4. The van der Waals surface area contributed by atoms with E-state index in [1.165, 1.54) is 6.08 Å². The van der Waals surface area contributed by atoms with Crippen LogP contribution in [0.3, 0.4) is 0 Å². The summed E-state index contributed by atoms with van der Waals surface area (Å²) >= 11 is 0. The highest BCUT2D eigenvalue weighted by Gasteiger charge is 2.20. The van der Waals surface area contributed by atoms with Crippen molar-refractivity contribution in [2.24, 2.45) is 0 Å². The monoisotopic (exact) mass is 401 g/mol. The topological polar surface area (TPSA) is 79.3 Å². The molecule has 2 heterocycles. The summed E-state index contributed by atoms with van der Waals surface area (Å²) < 4.78 is 1.79. The van der Waals surface area contributed by atoms with Crippen LogP contribution in [0.4, 0.5) is 11.5 Å². The summed E-state index contributed by atoms with van der Waals surface area (Å²) in [4.78, 5) is 25.6. The number of hydrogen-bond donors (Lipinski definition) is 2. The number of fused-ring (bicyclic) bond motifs is 1. The molecule has 0 saturated carbocycles. The van der Waals surface area contributed by atoms with Crippen molar-refractivity contribution >= 4 is 23.3 Å². The number of rotatable bonds is 5. The van der Waals surface area contributed by atoms with Crippen LogP contribution in [-0.2, 0) is 11.2 Å². The summed E-state index contributed by atoms with van der Waals surface area (Å²) in [6.07, 6.45) is 4.01. The van der Waals surface area contributed by atoms with Gasteiger partial charge in [-0.05, 0) is 47.9 Å². The van der Waals surface area contributed by atoms with E-state index in [9.17, 15) is 9.59 Å². The molecule has 0 aliphatic carbocycles. The fourth-order valence-electron chi connectivity index (χ4n) is 3.55. The third kappa shape index (κ3) is 3.69. The van der Waals surface area contributed by atoms with E-state index in [-0.39, 0.29) is 11.8 Å². The van der Waals surface area contributed by atoms with Crippen LogP contribution >= 0.6 is 0 Å². The molecule has 1 aliphatic heterocycles. The van der Waals surface area contributed by atoms with Gasteiger partial charge in [0.05, 0.1) is 5.69 Å². The lowest BCUT2D eigenvalue weighted by atomic mass is 9.95. The zero-order chi connectivity index (χ0) is 21.3. The van der Waals surface area contributed by atoms with Crippen LogP contribution in [0.1, 0.15) is 15.9 Å². The average Bonchev–Trinajstić information content (AvgIpc) is 3.20. The second-order valence-electron chi connectivity index (χ2n) is 7.33. The summed E-state index contributed by atoms with van der Waals surface area (Å²) in [7, 11) is 3.89. The molecule has 3 aromatic rings. The first-order valence-electron chi connectivity index (χ1n) is 9.68. The smallest absolute Gasteiger partial charge is 0.251 e. The van der Waals surface area contributed by atoms with E-state index in [2.05, 4.69) is 23.3 Å². The van der Waals surface area contributed by atoms with Gasteiger partial charge in [0.25, 0.3) is 5.91 Å². The van der Waals surface area contributed by atoms with Crippen LogP contribution in [0.25, 0.3) is 16.8 Å². The van der Waals surface area contributed by atoms with E-state index in [0.29, 0.717) is 12.2 Å². The van der Waals surface area contributed by atoms with E-state index in [1.807, 2.05) is 61.6 Å². The largest absolute Gasteiger partial charge is 0.361 e. The van der Waals surface area contributed by atoms with Crippen molar-refractivity contribution < 1.29 is 9.59 Å². The number of nitrogens with zero attached hydrogens (tertiary/aromatic N) is 3. The Morgan fingerprint density at radius 1 is 1.23 bits per heavy atom. The summed E-state index contributed by atoms with van der Waals surface area (Å²) in [5.74, 6) is 0.529. The van der Waals surface area contributed by atoms with Gasteiger partial charge in [-0.1, -0.05) is 24.8 Å². The third-order valence-corrected chi connectivity index (χ3v) is 5.02. The second-order valence-corrected chi connectivity index (χ2v) is 7.33. The molecule has 2 N–H and O–H groups in total. The van der Waals surface area contributed by atoms with Crippen LogP contribution in [0, 0.1) is 0 Å². The molecule has 30 heavy (non-hydrogen) atoms. The molecular formula is C23H23N5O2. The van der Waals surface area contributed by atoms with E-state index < -0.39 is 0 Å². The SMILES string of the molecule is C=CC(=O)Nc1cccc(-n2cc(-c3ccc4c(c3)CCNC4=O)c(N(C)C)n2)c1. The van der Waals surface area contributed by atoms with Crippen LogP contribution in [-0.4, -0.2) is 42.2 Å². The van der Waals surface area contributed by atoms with Gasteiger partial charge in [-0.25, -0.2) is 4.68 Å². The highest BCUT2D eigenvalue weighted by atomic mass is 16.2. The molecule has 0 radical (unpaired) electrons. The quantitative estimate of drug-likeness (QED) is 0.644. The van der Waals surface area contributed by atoms with Crippen molar-refractivity contribution in [3.63, 3.8) is 0 Å². The average molecular weight is 401 g/mol. The molecular weight excluding hydrogens is 378 g/mol. The van der Waals surface area contributed by atoms with E-state index in [1.54, 1.807) is 4.68 Å². The molecule has 152 valence electrons. The number of amides is 2. The first-order valence-corrected chi connectivity index (χ1v) is 9.68. The van der Waals surface area contributed by atoms with Gasteiger partial charge in [0.15, 0.2) is 5.82 Å². The van der Waals surface area contributed by atoms with Crippen molar-refractivity contribution in [1.29, 1.82) is 0 Å². The Labute approximate surface area is 175 Å². The Hall–Kier alpha value is -3.87. The van der Waals surface area contributed by atoms with Gasteiger partial charge in [-0.2, -0.15) is 0 Å². The van der Waals surface area contributed by atoms with Crippen LogP contribution in [0.2, 0.25) is 0 Å². The maximum absolute atomic E-state index is 12.1. The first kappa shape index (κ1) is 19.4. The third-order valence-electron chi connectivity index (χ3n) is 5.02. The van der Waals surface area contributed by atoms with Gasteiger partial charge in [0.2, 0.25) is 5.91 Å². The van der Waals surface area contributed by atoms with E-state index in [0.717, 1.165) is 40.2 Å². The molecule has 2 aromatic carbocycles. The minimum absolute atomic E-state index is 0.0234. The zero-order valence-electron chi connectivity index (χ0n) is 17.0. The normalized spacial score (nSPS) is 12.7. The van der Waals surface area contributed by atoms with Crippen molar-refractivity contribution in [3.8, 4) is 16.8 Å². The van der Waals surface area contributed by atoms with Gasteiger partial charge < -0.3 is 15.5 Å². The molecule has 0 spiro atoms. The van der Waals surface area contributed by atoms with Gasteiger partial charge >= 0.3 is 0 Å². The zero-order valence-corrected chi connectivity index (χ0v) is 17.0. The molecule has 2 amide bonds. The van der Waals surface area contributed by atoms with Crippen molar-refractivity contribution in [2.45, 2.75) is 6.42 Å². The van der Waals surface area contributed by atoms with Gasteiger partial charge in [-0.3, -0.25) is 9.59 Å². The number of anilines is 2. The maximum atomic E-state index is 12.1. The molecule has 1 aliphatic rings.